The van der Waals surface area contributed by atoms with Crippen LogP contribution in [0.3, 0.4) is 0 Å². The summed E-state index contributed by atoms with van der Waals surface area (Å²) in [6, 6.07) is 11.4. The monoisotopic (exact) mass is 427 g/mol. The maximum atomic E-state index is 12.2. The normalized spacial score (nSPS) is 14.9. The Hall–Kier alpha value is -3.21. The van der Waals surface area contributed by atoms with Crippen LogP contribution in [-0.2, 0) is 11.4 Å². The topological polar surface area (TPSA) is 83.9 Å². The molecule has 1 heterocycles. The molecule has 1 fully saturated rings. The standard InChI is InChI=1S/C21H14ClNO5S/c1-2-8-23-19(24)18(29-21(23)27)11-13-6-7-17(16(22)10-13)28-12-14-4-3-5-15(9-14)20(25)26/h1,3-7,9-11H,8,12H2,(H,25,26). The summed E-state index contributed by atoms with van der Waals surface area (Å²) in [5.41, 5.74) is 1.49. The number of carbonyl (C=O) groups excluding carboxylic acids is 2. The second-order valence-corrected chi connectivity index (χ2v) is 7.36. The first-order valence-electron chi connectivity index (χ1n) is 8.32. The van der Waals surface area contributed by atoms with Crippen LogP contribution >= 0.6 is 23.4 Å². The lowest BCUT2D eigenvalue weighted by molar-refractivity contribution is -0.122. The Balaban J connectivity index is 1.72. The molecule has 2 aromatic carbocycles. The fraction of sp³-hybridized carbons (Fsp3) is 0.0952. The number of amides is 2. The third kappa shape index (κ3) is 4.80. The minimum absolute atomic E-state index is 0.0708. The number of imide groups is 1. The average Bonchev–Trinajstić information content (AvgIpc) is 2.95. The maximum absolute atomic E-state index is 12.2. The minimum Gasteiger partial charge on any atom is -0.487 e. The molecule has 1 N–H and O–H groups in total. The SMILES string of the molecule is C#CCN1C(=O)SC(=Cc2ccc(OCc3cccc(C(=O)O)c3)c(Cl)c2)C1=O. The number of thioether (sulfide) groups is 1. The molecule has 0 spiro atoms. The first-order chi connectivity index (χ1) is 13.9. The number of carboxylic acids is 1. The number of hydrogen-bond donors (Lipinski definition) is 1. The third-order valence-corrected chi connectivity index (χ3v) is 5.15. The second-order valence-electron chi connectivity index (χ2n) is 5.96. The lowest BCUT2D eigenvalue weighted by Gasteiger charge is -2.09. The van der Waals surface area contributed by atoms with Crippen molar-refractivity contribution in [1.29, 1.82) is 0 Å². The summed E-state index contributed by atoms with van der Waals surface area (Å²) in [6.45, 7) is 0.0732. The molecular formula is C21H14ClNO5S. The lowest BCUT2D eigenvalue weighted by atomic mass is 10.1. The summed E-state index contributed by atoms with van der Waals surface area (Å²) in [5.74, 6) is 1.24. The maximum Gasteiger partial charge on any atom is 0.335 e. The van der Waals surface area contributed by atoms with Gasteiger partial charge >= 0.3 is 5.97 Å². The van der Waals surface area contributed by atoms with Crippen molar-refractivity contribution in [2.75, 3.05) is 6.54 Å². The van der Waals surface area contributed by atoms with Crippen LogP contribution in [0.15, 0.2) is 47.4 Å². The third-order valence-electron chi connectivity index (χ3n) is 3.94. The Bertz CT molecular complexity index is 1070. The van der Waals surface area contributed by atoms with Gasteiger partial charge in [-0.3, -0.25) is 14.5 Å². The molecule has 3 rings (SSSR count). The van der Waals surface area contributed by atoms with Crippen molar-refractivity contribution in [3.05, 3.63) is 69.1 Å². The van der Waals surface area contributed by atoms with Gasteiger partial charge in [-0.25, -0.2) is 4.79 Å². The number of rotatable bonds is 6. The number of benzene rings is 2. The Morgan fingerprint density at radius 3 is 2.76 bits per heavy atom. The molecular weight excluding hydrogens is 414 g/mol. The number of halogens is 1. The fourth-order valence-electron chi connectivity index (χ4n) is 2.56. The highest BCUT2D eigenvalue weighted by molar-refractivity contribution is 8.18. The van der Waals surface area contributed by atoms with Crippen molar-refractivity contribution in [2.24, 2.45) is 0 Å². The van der Waals surface area contributed by atoms with Crippen molar-refractivity contribution < 1.29 is 24.2 Å². The van der Waals surface area contributed by atoms with Gasteiger partial charge in [-0.15, -0.1) is 6.42 Å². The van der Waals surface area contributed by atoms with Gasteiger partial charge in [0.05, 0.1) is 22.0 Å². The van der Waals surface area contributed by atoms with Gasteiger partial charge in [0.15, 0.2) is 0 Å². The molecule has 0 radical (unpaired) electrons. The Labute approximate surface area is 176 Å². The zero-order valence-corrected chi connectivity index (χ0v) is 16.5. The van der Waals surface area contributed by atoms with Crippen LogP contribution < -0.4 is 4.74 Å². The zero-order valence-electron chi connectivity index (χ0n) is 14.9. The molecule has 146 valence electrons. The largest absolute Gasteiger partial charge is 0.487 e. The Kier molecular flexibility index (Phi) is 6.27. The van der Waals surface area contributed by atoms with Crippen LogP contribution in [0.1, 0.15) is 21.5 Å². The molecule has 0 aromatic heterocycles. The van der Waals surface area contributed by atoms with Gasteiger partial charge in [-0.2, -0.15) is 0 Å². The van der Waals surface area contributed by atoms with E-state index in [-0.39, 0.29) is 23.6 Å². The van der Waals surface area contributed by atoms with Gasteiger partial charge in [0.1, 0.15) is 12.4 Å². The summed E-state index contributed by atoms with van der Waals surface area (Å²) < 4.78 is 5.67. The number of carboxylic acid groups (broad SMARTS) is 1. The van der Waals surface area contributed by atoms with Crippen molar-refractivity contribution >= 4 is 46.6 Å². The molecule has 2 amide bonds. The predicted molar refractivity (Wildman–Crippen MR) is 111 cm³/mol. The van der Waals surface area contributed by atoms with E-state index in [1.54, 1.807) is 36.4 Å². The van der Waals surface area contributed by atoms with E-state index >= 15 is 0 Å². The van der Waals surface area contributed by atoms with E-state index in [0.717, 1.165) is 16.7 Å². The van der Waals surface area contributed by atoms with Gasteiger partial charge in [0.2, 0.25) is 0 Å². The predicted octanol–water partition coefficient (Wildman–Crippen LogP) is 4.29. The van der Waals surface area contributed by atoms with E-state index in [1.807, 2.05) is 0 Å². The molecule has 0 aliphatic carbocycles. The summed E-state index contributed by atoms with van der Waals surface area (Å²) in [6.07, 6.45) is 6.74. The Morgan fingerprint density at radius 2 is 2.07 bits per heavy atom. The van der Waals surface area contributed by atoms with E-state index in [0.29, 0.717) is 21.9 Å². The molecule has 0 atom stereocenters. The van der Waals surface area contributed by atoms with Gasteiger partial charge in [0, 0.05) is 0 Å². The lowest BCUT2D eigenvalue weighted by Crippen LogP contribution is -2.28. The van der Waals surface area contributed by atoms with E-state index in [1.165, 1.54) is 12.1 Å². The van der Waals surface area contributed by atoms with Crippen molar-refractivity contribution in [2.45, 2.75) is 6.61 Å². The van der Waals surface area contributed by atoms with Crippen LogP contribution in [0, 0.1) is 12.3 Å². The van der Waals surface area contributed by atoms with Gasteiger partial charge in [-0.1, -0.05) is 35.7 Å². The number of nitrogens with zero attached hydrogens (tertiary/aromatic N) is 1. The Morgan fingerprint density at radius 1 is 1.28 bits per heavy atom. The van der Waals surface area contributed by atoms with Crippen LogP contribution in [0.4, 0.5) is 4.79 Å². The highest BCUT2D eigenvalue weighted by atomic mass is 35.5. The smallest absolute Gasteiger partial charge is 0.335 e. The molecule has 2 aromatic rings. The van der Waals surface area contributed by atoms with Crippen LogP contribution in [0.5, 0.6) is 5.75 Å². The molecule has 1 aliphatic heterocycles. The van der Waals surface area contributed by atoms with E-state index < -0.39 is 17.1 Å². The first-order valence-corrected chi connectivity index (χ1v) is 9.52. The van der Waals surface area contributed by atoms with Crippen molar-refractivity contribution in [1.82, 2.24) is 4.90 Å². The molecule has 1 saturated heterocycles. The van der Waals surface area contributed by atoms with Crippen molar-refractivity contribution in [3.63, 3.8) is 0 Å². The number of aromatic carboxylic acids is 1. The second kappa shape index (κ2) is 8.86. The highest BCUT2D eigenvalue weighted by Crippen LogP contribution is 2.33. The zero-order chi connectivity index (χ0) is 21.0. The van der Waals surface area contributed by atoms with Gasteiger partial charge in [0.25, 0.3) is 11.1 Å². The van der Waals surface area contributed by atoms with E-state index in [4.69, 9.17) is 27.9 Å². The summed E-state index contributed by atoms with van der Waals surface area (Å²) >= 11 is 7.08. The van der Waals surface area contributed by atoms with Gasteiger partial charge in [-0.05, 0) is 53.2 Å². The first kappa shape index (κ1) is 20.5. The molecule has 1 aliphatic rings. The molecule has 0 bridgehead atoms. The van der Waals surface area contributed by atoms with Crippen LogP contribution in [0.2, 0.25) is 5.02 Å². The summed E-state index contributed by atoms with van der Waals surface area (Å²) in [7, 11) is 0. The number of ether oxygens (including phenoxy) is 1. The number of hydrogen-bond acceptors (Lipinski definition) is 5. The van der Waals surface area contributed by atoms with Crippen LogP contribution in [0.25, 0.3) is 6.08 Å². The average molecular weight is 428 g/mol. The molecule has 0 unspecified atom stereocenters. The molecule has 29 heavy (non-hydrogen) atoms. The van der Waals surface area contributed by atoms with E-state index in [2.05, 4.69) is 5.92 Å². The molecule has 6 nitrogen and oxygen atoms in total. The van der Waals surface area contributed by atoms with Crippen LogP contribution in [-0.4, -0.2) is 33.7 Å². The number of terminal acetylenes is 1. The van der Waals surface area contributed by atoms with E-state index in [9.17, 15) is 14.4 Å². The van der Waals surface area contributed by atoms with Gasteiger partial charge < -0.3 is 9.84 Å². The quantitative estimate of drug-likeness (QED) is 0.547. The molecule has 8 heteroatoms. The molecule has 0 saturated carbocycles. The van der Waals surface area contributed by atoms with Crippen molar-refractivity contribution in [3.8, 4) is 18.1 Å². The summed E-state index contributed by atoms with van der Waals surface area (Å²) in [4.78, 5) is 36.3. The minimum atomic E-state index is -1.01. The highest BCUT2D eigenvalue weighted by Gasteiger charge is 2.34. The summed E-state index contributed by atoms with van der Waals surface area (Å²) in [5, 5.41) is 8.95. The number of carbonyl (C=O) groups is 3. The fourth-order valence-corrected chi connectivity index (χ4v) is 3.64.